The summed E-state index contributed by atoms with van der Waals surface area (Å²) in [6, 6.07) is 0. The second-order valence-electron chi connectivity index (χ2n) is 13.0. The van der Waals surface area contributed by atoms with Crippen LogP contribution in [-0.2, 0) is 23.7 Å². The van der Waals surface area contributed by atoms with E-state index in [0.717, 1.165) is 18.4 Å². The van der Waals surface area contributed by atoms with Gasteiger partial charge in [0, 0.05) is 17.9 Å². The zero-order valence-electron chi connectivity index (χ0n) is 24.1. The Hall–Kier alpha value is -1.65. The maximum Gasteiger partial charge on any atom is 0.306 e. The van der Waals surface area contributed by atoms with Gasteiger partial charge in [0.1, 0.15) is 29.5 Å². The molecule has 0 radical (unpaired) electrons. The summed E-state index contributed by atoms with van der Waals surface area (Å²) in [6.45, 7) is 11.5. The fraction of sp³-hybridized carbons (Fsp3) is 0.719. The topological polar surface area (TPSA) is 118 Å². The van der Waals surface area contributed by atoms with Crippen LogP contribution in [0.15, 0.2) is 48.1 Å². The van der Waals surface area contributed by atoms with E-state index in [1.807, 2.05) is 26.0 Å². The third-order valence-corrected chi connectivity index (χ3v) is 10.7. The summed E-state index contributed by atoms with van der Waals surface area (Å²) >= 11 is 0. The first-order chi connectivity index (χ1) is 19.0. The van der Waals surface area contributed by atoms with E-state index in [4.69, 9.17) is 18.9 Å². The van der Waals surface area contributed by atoms with E-state index in [2.05, 4.69) is 19.6 Å². The zero-order valence-corrected chi connectivity index (χ0v) is 24.1. The molecule has 3 heterocycles. The average molecular weight is 557 g/mol. The largest absolute Gasteiger partial charge is 0.393 e. The summed E-state index contributed by atoms with van der Waals surface area (Å²) in [5, 5.41) is 34.1. The highest BCUT2D eigenvalue weighted by atomic mass is 16.9. The molecule has 2 saturated carbocycles. The van der Waals surface area contributed by atoms with Gasteiger partial charge in [-0.15, -0.1) is 0 Å². The number of ketones is 1. The number of fused-ring (bicyclic) bond motifs is 3. The summed E-state index contributed by atoms with van der Waals surface area (Å²) in [7, 11) is 0. The van der Waals surface area contributed by atoms with Crippen LogP contribution in [0.25, 0.3) is 0 Å². The van der Waals surface area contributed by atoms with E-state index in [0.29, 0.717) is 12.0 Å². The molecule has 3 saturated heterocycles. The van der Waals surface area contributed by atoms with Crippen molar-refractivity contribution < 1.29 is 39.1 Å². The number of hydrogen-bond acceptors (Lipinski definition) is 8. The highest BCUT2D eigenvalue weighted by Gasteiger charge is 2.88. The van der Waals surface area contributed by atoms with Gasteiger partial charge in [-0.3, -0.25) is 4.79 Å². The predicted octanol–water partition coefficient (Wildman–Crippen LogP) is 3.65. The van der Waals surface area contributed by atoms with Crippen LogP contribution in [0.4, 0.5) is 0 Å². The number of aliphatic hydroxyl groups is 3. The summed E-state index contributed by atoms with van der Waals surface area (Å²) < 4.78 is 26.4. The van der Waals surface area contributed by atoms with Gasteiger partial charge in [0.15, 0.2) is 11.4 Å². The first-order valence-corrected chi connectivity index (χ1v) is 15.0. The number of carbonyl (C=O) groups is 1. The number of carbonyl (C=O) groups excluding carboxylic acids is 1. The Morgan fingerprint density at radius 2 is 1.90 bits per heavy atom. The Balaban J connectivity index is 1.40. The van der Waals surface area contributed by atoms with Crippen LogP contribution in [-0.4, -0.2) is 74.4 Å². The zero-order chi connectivity index (χ0) is 28.7. The Morgan fingerprint density at radius 1 is 1.15 bits per heavy atom. The number of unbranched alkanes of at least 4 members (excludes halogenated alkanes) is 5. The van der Waals surface area contributed by atoms with Crippen LogP contribution >= 0.6 is 0 Å². The van der Waals surface area contributed by atoms with Crippen molar-refractivity contribution in [2.75, 3.05) is 6.61 Å². The quantitative estimate of drug-likeness (QED) is 0.162. The Kier molecular flexibility index (Phi) is 6.71. The minimum Gasteiger partial charge on any atom is -0.393 e. The molecule has 8 nitrogen and oxygen atoms in total. The lowest BCUT2D eigenvalue weighted by Gasteiger charge is -2.59. The maximum atomic E-state index is 13.5. The van der Waals surface area contributed by atoms with E-state index in [9.17, 15) is 20.1 Å². The molecule has 0 aromatic heterocycles. The first kappa shape index (κ1) is 28.5. The van der Waals surface area contributed by atoms with E-state index in [-0.39, 0.29) is 5.92 Å². The molecule has 0 aromatic carbocycles. The number of Topliss-reactive ketones (excluding diaryl/α,β-unsaturated/α-hetero) is 1. The van der Waals surface area contributed by atoms with Crippen molar-refractivity contribution in [3.63, 3.8) is 0 Å². The van der Waals surface area contributed by atoms with Crippen LogP contribution in [0, 0.1) is 17.8 Å². The first-order valence-electron chi connectivity index (χ1n) is 15.0. The fourth-order valence-corrected chi connectivity index (χ4v) is 8.63. The summed E-state index contributed by atoms with van der Waals surface area (Å²) in [6.07, 6.45) is 14.1. The van der Waals surface area contributed by atoms with Crippen LogP contribution in [0.2, 0.25) is 0 Å². The third kappa shape index (κ3) is 3.47. The van der Waals surface area contributed by atoms with Gasteiger partial charge < -0.3 is 34.3 Å². The molecule has 40 heavy (non-hydrogen) atoms. The lowest BCUT2D eigenvalue weighted by atomic mass is 9.54. The maximum absolute atomic E-state index is 13.5. The van der Waals surface area contributed by atoms with Gasteiger partial charge >= 0.3 is 5.97 Å². The van der Waals surface area contributed by atoms with Crippen molar-refractivity contribution in [1.82, 2.24) is 0 Å². The van der Waals surface area contributed by atoms with Crippen molar-refractivity contribution in [2.24, 2.45) is 17.8 Å². The molecule has 11 atom stereocenters. The molecule has 5 fully saturated rings. The number of ether oxygens (including phenoxy) is 4. The molecule has 220 valence electrons. The van der Waals surface area contributed by atoms with Gasteiger partial charge in [0.05, 0.1) is 12.2 Å². The van der Waals surface area contributed by atoms with Crippen molar-refractivity contribution >= 4 is 5.78 Å². The number of hydrogen-bond donors (Lipinski definition) is 3. The predicted molar refractivity (Wildman–Crippen MR) is 147 cm³/mol. The second-order valence-corrected chi connectivity index (χ2v) is 13.0. The van der Waals surface area contributed by atoms with Crippen LogP contribution < -0.4 is 0 Å². The number of allylic oxidation sites excluding steroid dienone is 3. The van der Waals surface area contributed by atoms with Crippen LogP contribution in [0.5, 0.6) is 0 Å². The fourth-order valence-electron chi connectivity index (χ4n) is 8.63. The van der Waals surface area contributed by atoms with Gasteiger partial charge in [0.2, 0.25) is 0 Å². The van der Waals surface area contributed by atoms with Gasteiger partial charge in [-0.2, -0.15) is 0 Å². The van der Waals surface area contributed by atoms with Crippen molar-refractivity contribution in [2.45, 2.75) is 119 Å². The van der Waals surface area contributed by atoms with Crippen LogP contribution in [0.1, 0.15) is 72.6 Å². The van der Waals surface area contributed by atoms with E-state index < -0.39 is 70.9 Å². The van der Waals surface area contributed by atoms with E-state index in [1.165, 1.54) is 25.7 Å². The monoisotopic (exact) mass is 556 g/mol. The molecule has 3 aliphatic carbocycles. The molecule has 6 aliphatic rings. The summed E-state index contributed by atoms with van der Waals surface area (Å²) in [5.74, 6) is -3.80. The highest BCUT2D eigenvalue weighted by molar-refractivity contribution is 6.05. The molecule has 8 heteroatoms. The lowest BCUT2D eigenvalue weighted by Crippen LogP contribution is -2.72. The van der Waals surface area contributed by atoms with Crippen molar-refractivity contribution in [3.8, 4) is 0 Å². The van der Waals surface area contributed by atoms with E-state index in [1.54, 1.807) is 19.1 Å². The SMILES string of the molecule is C=C(C)C12CC(C)C34OC(C=CC=CCCCCCCC)(OC1C3C1OC1(CO)C(O)C1(O)C(=O)C(C)=CC14)O2. The Bertz CT molecular complexity index is 1180. The van der Waals surface area contributed by atoms with E-state index >= 15 is 0 Å². The highest BCUT2D eigenvalue weighted by Crippen LogP contribution is 2.72. The second kappa shape index (κ2) is 9.43. The molecule has 0 spiro atoms. The van der Waals surface area contributed by atoms with Gasteiger partial charge in [-0.1, -0.05) is 70.4 Å². The average Bonchev–Trinajstić information content (AvgIpc) is 3.56. The Labute approximate surface area is 236 Å². The number of aliphatic hydroxyl groups excluding tert-OH is 2. The molecule has 3 aliphatic heterocycles. The number of epoxide rings is 1. The minimum absolute atomic E-state index is 0.236. The van der Waals surface area contributed by atoms with Gasteiger partial charge in [-0.05, 0) is 50.2 Å². The van der Waals surface area contributed by atoms with Gasteiger partial charge in [-0.25, -0.2) is 0 Å². The summed E-state index contributed by atoms with van der Waals surface area (Å²) in [4.78, 5) is 13.5. The molecule has 6 rings (SSSR count). The molecule has 0 amide bonds. The third-order valence-electron chi connectivity index (χ3n) is 10.7. The molecule has 0 aromatic rings. The molecule has 11 unspecified atom stereocenters. The van der Waals surface area contributed by atoms with Gasteiger partial charge in [0.25, 0.3) is 0 Å². The normalized spacial score (nSPS) is 50.2. The van der Waals surface area contributed by atoms with Crippen LogP contribution in [0.3, 0.4) is 0 Å². The molecular weight excluding hydrogens is 512 g/mol. The minimum atomic E-state index is -2.22. The number of rotatable bonds is 10. The summed E-state index contributed by atoms with van der Waals surface area (Å²) in [5.41, 5.74) is -4.66. The molecule has 3 bridgehead atoms. The van der Waals surface area contributed by atoms with Crippen molar-refractivity contribution in [3.05, 3.63) is 48.1 Å². The Morgan fingerprint density at radius 3 is 2.60 bits per heavy atom. The van der Waals surface area contributed by atoms with Crippen molar-refractivity contribution in [1.29, 1.82) is 0 Å². The molecular formula is C32H44O8. The lowest BCUT2D eigenvalue weighted by molar-refractivity contribution is -0.406. The standard InChI is InChI=1S/C32H44O8/c1-6-7-8-9-10-11-12-13-14-15-30-38-25-23-26-29(18-33,37-26)27(35)31(36)22(16-20(4)24(31)34)32(23,40-30)21(5)17-28(25,39-30)19(2)3/h12-16,21-23,25-27,33,35-36H,2,6-11,17-18H2,1,3-5H3. The molecule has 3 N–H and O–H groups in total. The smallest absolute Gasteiger partial charge is 0.306 e.